The lowest BCUT2D eigenvalue weighted by atomic mass is 9.90. The van der Waals surface area contributed by atoms with Gasteiger partial charge in [0.25, 0.3) is 0 Å². The molecule has 0 aromatic carbocycles. The van der Waals surface area contributed by atoms with Crippen LogP contribution in [0.3, 0.4) is 0 Å². The van der Waals surface area contributed by atoms with Crippen molar-refractivity contribution in [2.45, 2.75) is 26.7 Å². The van der Waals surface area contributed by atoms with Crippen LogP contribution in [-0.4, -0.2) is 10.8 Å². The molecule has 1 aromatic rings. The van der Waals surface area contributed by atoms with Crippen LogP contribution >= 0.6 is 0 Å². The summed E-state index contributed by atoms with van der Waals surface area (Å²) >= 11 is 0. The van der Waals surface area contributed by atoms with E-state index in [9.17, 15) is 4.79 Å². The third kappa shape index (κ3) is 3.66. The maximum Gasteiger partial charge on any atom is 0.129 e. The molecule has 0 aliphatic heterocycles. The van der Waals surface area contributed by atoms with Gasteiger partial charge in [-0.25, -0.2) is 0 Å². The fraction of sp³-hybridized carbons (Fsp3) is 0.333. The maximum absolute atomic E-state index is 11.0. The predicted octanol–water partition coefficient (Wildman–Crippen LogP) is 3.74. The second-order valence-electron chi connectivity index (χ2n) is 4.31. The summed E-state index contributed by atoms with van der Waals surface area (Å²) in [5.74, 6) is 0.501. The molecule has 0 saturated heterocycles. The van der Waals surface area contributed by atoms with Crippen molar-refractivity contribution in [1.29, 1.82) is 0 Å². The highest BCUT2D eigenvalue weighted by Gasteiger charge is 2.12. The van der Waals surface area contributed by atoms with Crippen LogP contribution in [0.1, 0.15) is 37.9 Å². The van der Waals surface area contributed by atoms with Gasteiger partial charge in [0.1, 0.15) is 5.78 Å². The van der Waals surface area contributed by atoms with Gasteiger partial charge in [0.15, 0.2) is 0 Å². The first kappa shape index (κ1) is 13.4. The van der Waals surface area contributed by atoms with Gasteiger partial charge in [0.2, 0.25) is 0 Å². The molecule has 1 aromatic heterocycles. The van der Waals surface area contributed by atoms with Crippen molar-refractivity contribution in [3.05, 3.63) is 42.7 Å². The molecule has 1 rings (SSSR count). The van der Waals surface area contributed by atoms with Crippen molar-refractivity contribution < 1.29 is 4.79 Å². The van der Waals surface area contributed by atoms with Gasteiger partial charge in [-0.3, -0.25) is 4.98 Å². The zero-order valence-electron chi connectivity index (χ0n) is 10.6. The van der Waals surface area contributed by atoms with Crippen LogP contribution < -0.4 is 0 Å². The van der Waals surface area contributed by atoms with Crippen LogP contribution in [0.15, 0.2) is 31.5 Å². The molecule has 90 valence electrons. The first-order chi connectivity index (χ1) is 8.06. The summed E-state index contributed by atoms with van der Waals surface area (Å²) in [5.41, 5.74) is 2.90. The minimum absolute atomic E-state index is 0.222. The van der Waals surface area contributed by atoms with Gasteiger partial charge in [-0.05, 0) is 37.0 Å². The van der Waals surface area contributed by atoms with E-state index in [2.05, 4.69) is 25.1 Å². The van der Waals surface area contributed by atoms with Gasteiger partial charge in [0, 0.05) is 18.2 Å². The van der Waals surface area contributed by atoms with E-state index < -0.39 is 0 Å². The summed E-state index contributed by atoms with van der Waals surface area (Å²) in [7, 11) is 0. The van der Waals surface area contributed by atoms with Gasteiger partial charge >= 0.3 is 0 Å². The van der Waals surface area contributed by atoms with Crippen molar-refractivity contribution in [3.63, 3.8) is 0 Å². The number of aromatic nitrogens is 1. The number of hydrogen-bond acceptors (Lipinski definition) is 2. The van der Waals surface area contributed by atoms with E-state index in [-0.39, 0.29) is 11.7 Å². The van der Waals surface area contributed by atoms with Gasteiger partial charge in [-0.15, -0.1) is 0 Å². The fourth-order valence-corrected chi connectivity index (χ4v) is 1.71. The number of hydrogen-bond donors (Lipinski definition) is 0. The number of carbonyl (C=O) groups excluding carboxylic acids is 1. The lowest BCUT2D eigenvalue weighted by molar-refractivity contribution is -0.117. The summed E-state index contributed by atoms with van der Waals surface area (Å²) in [6.07, 6.45) is 4.91. The van der Waals surface area contributed by atoms with Crippen molar-refractivity contribution in [3.8, 4) is 0 Å². The van der Waals surface area contributed by atoms with Crippen LogP contribution in [-0.2, 0) is 4.79 Å². The normalized spacial score (nSPS) is 11.9. The average Bonchev–Trinajstić information content (AvgIpc) is 2.34. The van der Waals surface area contributed by atoms with Crippen molar-refractivity contribution in [2.75, 3.05) is 0 Å². The standard InChI is InChI=1S/C15H19NO/c1-5-15-14(7-6-10-16-15)13(4)11(2)8-9-12(3)17/h5-7,10-11H,1,4,8-9H2,2-3H3. The van der Waals surface area contributed by atoms with E-state index >= 15 is 0 Å². The van der Waals surface area contributed by atoms with Crippen LogP contribution in [0.25, 0.3) is 11.6 Å². The summed E-state index contributed by atoms with van der Waals surface area (Å²) < 4.78 is 0. The zero-order chi connectivity index (χ0) is 12.8. The highest BCUT2D eigenvalue weighted by molar-refractivity contribution is 5.76. The molecule has 0 radical (unpaired) electrons. The van der Waals surface area contributed by atoms with Crippen molar-refractivity contribution in [2.24, 2.45) is 5.92 Å². The minimum Gasteiger partial charge on any atom is -0.300 e. The number of ketones is 1. The Morgan fingerprint density at radius 3 is 2.88 bits per heavy atom. The smallest absolute Gasteiger partial charge is 0.129 e. The topological polar surface area (TPSA) is 30.0 Å². The van der Waals surface area contributed by atoms with Gasteiger partial charge < -0.3 is 4.79 Å². The van der Waals surface area contributed by atoms with Crippen molar-refractivity contribution in [1.82, 2.24) is 4.98 Å². The number of carbonyl (C=O) groups is 1. The molecule has 0 saturated carbocycles. The predicted molar refractivity (Wildman–Crippen MR) is 72.4 cm³/mol. The Labute approximate surface area is 103 Å². The Hall–Kier alpha value is -1.70. The van der Waals surface area contributed by atoms with Gasteiger partial charge in [-0.2, -0.15) is 0 Å². The number of rotatable bonds is 6. The molecule has 0 spiro atoms. The number of Topliss-reactive ketones (excluding diaryl/α,β-unsaturated/α-hetero) is 1. The van der Waals surface area contributed by atoms with E-state index in [0.717, 1.165) is 23.3 Å². The molecular formula is C15H19NO. The molecule has 0 aliphatic carbocycles. The Kier molecular flexibility index (Phi) is 4.83. The lowest BCUT2D eigenvalue weighted by Crippen LogP contribution is -2.03. The van der Waals surface area contributed by atoms with Crippen LogP contribution in [0.4, 0.5) is 0 Å². The molecule has 1 unspecified atom stereocenters. The second kappa shape index (κ2) is 6.14. The quantitative estimate of drug-likeness (QED) is 0.743. The average molecular weight is 229 g/mol. The van der Waals surface area contributed by atoms with Crippen LogP contribution in [0.5, 0.6) is 0 Å². The van der Waals surface area contributed by atoms with Crippen LogP contribution in [0.2, 0.25) is 0 Å². The summed E-state index contributed by atoms with van der Waals surface area (Å²) in [4.78, 5) is 15.2. The van der Waals surface area contributed by atoms with E-state index in [0.29, 0.717) is 6.42 Å². The number of pyridine rings is 1. The third-order valence-electron chi connectivity index (χ3n) is 2.90. The van der Waals surface area contributed by atoms with E-state index in [1.807, 2.05) is 12.1 Å². The Bertz CT molecular complexity index is 434. The van der Waals surface area contributed by atoms with Crippen LogP contribution in [0, 0.1) is 5.92 Å². The van der Waals surface area contributed by atoms with E-state index in [1.54, 1.807) is 19.2 Å². The molecule has 0 aliphatic rings. The molecule has 0 N–H and O–H groups in total. The minimum atomic E-state index is 0.222. The largest absolute Gasteiger partial charge is 0.300 e. The molecule has 2 nitrogen and oxygen atoms in total. The summed E-state index contributed by atoms with van der Waals surface area (Å²) in [5, 5.41) is 0. The summed E-state index contributed by atoms with van der Waals surface area (Å²) in [6.45, 7) is 11.6. The SMILES string of the molecule is C=Cc1ncccc1C(=C)C(C)CCC(C)=O. The molecule has 0 bridgehead atoms. The highest BCUT2D eigenvalue weighted by Crippen LogP contribution is 2.27. The van der Waals surface area contributed by atoms with E-state index in [4.69, 9.17) is 0 Å². The second-order valence-corrected chi connectivity index (χ2v) is 4.31. The lowest BCUT2D eigenvalue weighted by Gasteiger charge is -2.15. The zero-order valence-corrected chi connectivity index (χ0v) is 10.6. The van der Waals surface area contributed by atoms with E-state index in [1.165, 1.54) is 0 Å². The summed E-state index contributed by atoms with van der Waals surface area (Å²) in [6, 6.07) is 3.89. The fourth-order valence-electron chi connectivity index (χ4n) is 1.71. The monoisotopic (exact) mass is 229 g/mol. The molecule has 1 heterocycles. The molecular weight excluding hydrogens is 210 g/mol. The Morgan fingerprint density at radius 1 is 1.59 bits per heavy atom. The first-order valence-corrected chi connectivity index (χ1v) is 5.82. The first-order valence-electron chi connectivity index (χ1n) is 5.82. The Balaban J connectivity index is 2.81. The molecule has 1 atom stereocenters. The number of allylic oxidation sites excluding steroid dienone is 1. The number of nitrogens with zero attached hydrogens (tertiary/aromatic N) is 1. The molecule has 17 heavy (non-hydrogen) atoms. The molecule has 0 fully saturated rings. The van der Waals surface area contributed by atoms with Gasteiger partial charge in [-0.1, -0.05) is 26.1 Å². The molecule has 2 heteroatoms. The molecule has 0 amide bonds. The van der Waals surface area contributed by atoms with Gasteiger partial charge in [0.05, 0.1) is 5.69 Å². The Morgan fingerprint density at radius 2 is 2.29 bits per heavy atom. The van der Waals surface area contributed by atoms with Crippen molar-refractivity contribution >= 4 is 17.4 Å². The highest BCUT2D eigenvalue weighted by atomic mass is 16.1. The third-order valence-corrected chi connectivity index (χ3v) is 2.90. The maximum atomic E-state index is 11.0.